The molecule has 104 valence electrons. The lowest BCUT2D eigenvalue weighted by molar-refractivity contribution is -0.142. The van der Waals surface area contributed by atoms with Crippen molar-refractivity contribution in [1.29, 1.82) is 0 Å². The molecular formula is C14H11F2NO2S. The van der Waals surface area contributed by atoms with E-state index in [9.17, 15) is 13.6 Å². The van der Waals surface area contributed by atoms with Crippen LogP contribution >= 0.6 is 11.3 Å². The highest BCUT2D eigenvalue weighted by Gasteiger charge is 2.27. The van der Waals surface area contributed by atoms with Gasteiger partial charge in [0.15, 0.2) is 11.6 Å². The number of nitrogens with zero attached hydrogens (tertiary/aromatic N) is 1. The molecule has 0 fully saturated rings. The summed E-state index contributed by atoms with van der Waals surface area (Å²) in [5, 5.41) is 9.66. The second kappa shape index (κ2) is 4.94. The number of rotatable bonds is 2. The molecule has 1 unspecified atom stereocenters. The van der Waals surface area contributed by atoms with E-state index in [4.69, 9.17) is 5.11 Å². The lowest BCUT2D eigenvalue weighted by atomic mass is 9.91. The topological polar surface area (TPSA) is 50.2 Å². The largest absolute Gasteiger partial charge is 0.481 e. The molecule has 1 N–H and O–H groups in total. The van der Waals surface area contributed by atoms with E-state index < -0.39 is 17.6 Å². The maximum Gasteiger partial charge on any atom is 0.306 e. The Kier molecular flexibility index (Phi) is 3.25. The number of carboxylic acid groups (broad SMARTS) is 1. The summed E-state index contributed by atoms with van der Waals surface area (Å²) in [6.45, 7) is 0. The monoisotopic (exact) mass is 295 g/mol. The van der Waals surface area contributed by atoms with Gasteiger partial charge < -0.3 is 5.11 Å². The van der Waals surface area contributed by atoms with Crippen LogP contribution in [0.3, 0.4) is 0 Å². The van der Waals surface area contributed by atoms with E-state index in [0.717, 1.165) is 22.7 Å². The predicted molar refractivity (Wildman–Crippen MR) is 70.6 cm³/mol. The normalized spacial score (nSPS) is 17.8. The molecule has 0 radical (unpaired) electrons. The summed E-state index contributed by atoms with van der Waals surface area (Å²) in [7, 11) is 0. The summed E-state index contributed by atoms with van der Waals surface area (Å²) in [5.41, 5.74) is 1.41. The second-order valence-electron chi connectivity index (χ2n) is 4.80. The fourth-order valence-corrected chi connectivity index (χ4v) is 3.52. The molecule has 1 aliphatic rings. The fraction of sp³-hybridized carbons (Fsp3) is 0.286. The number of aromatic nitrogens is 1. The standard InChI is InChI=1S/C14H11F2NO2S/c15-9-3-1-7(5-10(9)16)13-17-11-4-2-8(14(18)19)6-12(11)20-13/h1,3,5,8H,2,4,6H2,(H,18,19). The van der Waals surface area contributed by atoms with Crippen molar-refractivity contribution in [3.63, 3.8) is 0 Å². The zero-order chi connectivity index (χ0) is 14.3. The minimum absolute atomic E-state index is 0.374. The van der Waals surface area contributed by atoms with Gasteiger partial charge in [0.1, 0.15) is 5.01 Å². The highest BCUT2D eigenvalue weighted by molar-refractivity contribution is 7.15. The van der Waals surface area contributed by atoms with Crippen molar-refractivity contribution in [2.45, 2.75) is 19.3 Å². The molecule has 1 heterocycles. The quantitative estimate of drug-likeness (QED) is 0.925. The van der Waals surface area contributed by atoms with Crippen molar-refractivity contribution < 1.29 is 18.7 Å². The van der Waals surface area contributed by atoms with Crippen LogP contribution in [0.5, 0.6) is 0 Å². The summed E-state index contributed by atoms with van der Waals surface area (Å²) >= 11 is 1.36. The van der Waals surface area contributed by atoms with Gasteiger partial charge in [-0.15, -0.1) is 11.3 Å². The average Bonchev–Trinajstić information content (AvgIpc) is 2.84. The smallest absolute Gasteiger partial charge is 0.306 e. The Bertz CT molecular complexity index is 684. The number of thiazole rings is 1. The van der Waals surface area contributed by atoms with Crippen molar-refractivity contribution in [1.82, 2.24) is 4.98 Å². The van der Waals surface area contributed by atoms with Crippen molar-refractivity contribution in [2.24, 2.45) is 5.92 Å². The van der Waals surface area contributed by atoms with Crippen LogP contribution in [-0.4, -0.2) is 16.1 Å². The number of hydrogen-bond donors (Lipinski definition) is 1. The number of fused-ring (bicyclic) bond motifs is 1. The Morgan fingerprint density at radius 2 is 2.15 bits per heavy atom. The van der Waals surface area contributed by atoms with E-state index in [2.05, 4.69) is 4.98 Å². The van der Waals surface area contributed by atoms with Gasteiger partial charge in [-0.25, -0.2) is 13.8 Å². The van der Waals surface area contributed by atoms with Crippen LogP contribution in [0.4, 0.5) is 8.78 Å². The first-order chi connectivity index (χ1) is 9.54. The number of aliphatic carboxylic acids is 1. The fourth-order valence-electron chi connectivity index (χ4n) is 2.34. The molecule has 0 saturated heterocycles. The summed E-state index contributed by atoms with van der Waals surface area (Å²) in [4.78, 5) is 16.4. The van der Waals surface area contributed by atoms with E-state index in [1.54, 1.807) is 0 Å². The zero-order valence-corrected chi connectivity index (χ0v) is 11.2. The van der Waals surface area contributed by atoms with Gasteiger partial charge in [0.2, 0.25) is 0 Å². The van der Waals surface area contributed by atoms with Crippen molar-refractivity contribution in [2.75, 3.05) is 0 Å². The Morgan fingerprint density at radius 3 is 2.85 bits per heavy atom. The van der Waals surface area contributed by atoms with E-state index in [-0.39, 0.29) is 5.92 Å². The SMILES string of the molecule is O=C(O)C1CCc2nc(-c3ccc(F)c(F)c3)sc2C1. The Morgan fingerprint density at radius 1 is 1.35 bits per heavy atom. The van der Waals surface area contributed by atoms with Crippen LogP contribution in [0.15, 0.2) is 18.2 Å². The van der Waals surface area contributed by atoms with Gasteiger partial charge in [-0.05, 0) is 37.5 Å². The Labute approximate surface area is 117 Å². The van der Waals surface area contributed by atoms with Gasteiger partial charge in [0, 0.05) is 10.4 Å². The van der Waals surface area contributed by atoms with Crippen molar-refractivity contribution >= 4 is 17.3 Å². The number of aryl methyl sites for hydroxylation is 1. The summed E-state index contributed by atoms with van der Waals surface area (Å²) in [6.07, 6.45) is 1.65. The minimum Gasteiger partial charge on any atom is -0.481 e. The zero-order valence-electron chi connectivity index (χ0n) is 10.4. The molecule has 0 saturated carbocycles. The molecule has 1 aromatic carbocycles. The predicted octanol–water partition coefficient (Wildman–Crippen LogP) is 3.28. The lowest BCUT2D eigenvalue weighted by Crippen LogP contribution is -2.21. The maximum atomic E-state index is 13.2. The van der Waals surface area contributed by atoms with E-state index >= 15 is 0 Å². The Balaban J connectivity index is 1.94. The maximum absolute atomic E-state index is 13.2. The molecule has 6 heteroatoms. The first kappa shape index (κ1) is 13.2. The third-order valence-electron chi connectivity index (χ3n) is 3.46. The Hall–Kier alpha value is -1.82. The molecule has 0 spiro atoms. The molecule has 1 aromatic heterocycles. The van der Waals surface area contributed by atoms with Crippen molar-refractivity contribution in [3.8, 4) is 10.6 Å². The lowest BCUT2D eigenvalue weighted by Gasteiger charge is -2.16. The van der Waals surface area contributed by atoms with Gasteiger partial charge in [-0.3, -0.25) is 4.79 Å². The average molecular weight is 295 g/mol. The first-order valence-electron chi connectivity index (χ1n) is 6.21. The second-order valence-corrected chi connectivity index (χ2v) is 5.88. The number of carboxylic acids is 1. The van der Waals surface area contributed by atoms with Crippen LogP contribution in [0.1, 0.15) is 17.0 Å². The van der Waals surface area contributed by atoms with Gasteiger partial charge in [-0.1, -0.05) is 0 Å². The molecular weight excluding hydrogens is 284 g/mol. The van der Waals surface area contributed by atoms with Crippen LogP contribution < -0.4 is 0 Å². The van der Waals surface area contributed by atoms with E-state index in [0.29, 0.717) is 29.8 Å². The summed E-state index contributed by atoms with van der Waals surface area (Å²) in [6, 6.07) is 3.68. The summed E-state index contributed by atoms with van der Waals surface area (Å²) < 4.78 is 26.2. The van der Waals surface area contributed by atoms with Crippen LogP contribution in [-0.2, 0) is 17.6 Å². The number of benzene rings is 1. The number of carbonyl (C=O) groups is 1. The first-order valence-corrected chi connectivity index (χ1v) is 7.03. The summed E-state index contributed by atoms with van der Waals surface area (Å²) in [5.74, 6) is -2.96. The molecule has 3 rings (SSSR count). The van der Waals surface area contributed by atoms with Crippen molar-refractivity contribution in [3.05, 3.63) is 40.4 Å². The third kappa shape index (κ3) is 2.31. The highest BCUT2D eigenvalue weighted by atomic mass is 32.1. The number of halogens is 2. The number of hydrogen-bond acceptors (Lipinski definition) is 3. The van der Waals surface area contributed by atoms with Gasteiger partial charge in [0.25, 0.3) is 0 Å². The molecule has 3 nitrogen and oxygen atoms in total. The van der Waals surface area contributed by atoms with Gasteiger partial charge in [0.05, 0.1) is 11.6 Å². The molecule has 0 aliphatic heterocycles. The van der Waals surface area contributed by atoms with E-state index in [1.165, 1.54) is 17.4 Å². The van der Waals surface area contributed by atoms with Gasteiger partial charge in [-0.2, -0.15) is 0 Å². The molecule has 2 aromatic rings. The van der Waals surface area contributed by atoms with Crippen LogP contribution in [0, 0.1) is 17.6 Å². The van der Waals surface area contributed by atoms with E-state index in [1.807, 2.05) is 0 Å². The van der Waals surface area contributed by atoms with Crippen LogP contribution in [0.25, 0.3) is 10.6 Å². The molecule has 20 heavy (non-hydrogen) atoms. The molecule has 0 amide bonds. The van der Waals surface area contributed by atoms with Gasteiger partial charge >= 0.3 is 5.97 Å². The molecule has 0 bridgehead atoms. The molecule has 1 atom stereocenters. The van der Waals surface area contributed by atoms with Crippen LogP contribution in [0.2, 0.25) is 0 Å². The molecule has 1 aliphatic carbocycles. The minimum atomic E-state index is -0.904. The third-order valence-corrected chi connectivity index (χ3v) is 4.62. The highest BCUT2D eigenvalue weighted by Crippen LogP contribution is 2.35.